The Labute approximate surface area is 89.1 Å². The molecule has 0 bridgehead atoms. The Morgan fingerprint density at radius 2 is 2.43 bits per heavy atom. The fourth-order valence-corrected chi connectivity index (χ4v) is 2.83. The van der Waals surface area contributed by atoms with Crippen LogP contribution >= 0.6 is 11.8 Å². The Balaban J connectivity index is 2.24. The van der Waals surface area contributed by atoms with Gasteiger partial charge in [0.15, 0.2) is 5.16 Å². The Morgan fingerprint density at radius 3 is 3.14 bits per heavy atom. The quantitative estimate of drug-likeness (QED) is 0.822. The summed E-state index contributed by atoms with van der Waals surface area (Å²) in [5, 5.41) is 1.20. The number of hydrogen-bond acceptors (Lipinski definition) is 3. The number of nitrogens with two attached hydrogens (primary N) is 1. The maximum Gasteiger partial charge on any atom is 0.168 e. The summed E-state index contributed by atoms with van der Waals surface area (Å²) in [6.45, 7) is 6.17. The molecule has 1 aliphatic heterocycles. The molecule has 0 aliphatic carbocycles. The van der Waals surface area contributed by atoms with Gasteiger partial charge >= 0.3 is 0 Å². The van der Waals surface area contributed by atoms with Crippen molar-refractivity contribution < 1.29 is 0 Å². The van der Waals surface area contributed by atoms with E-state index in [9.17, 15) is 0 Å². The van der Waals surface area contributed by atoms with Crippen molar-refractivity contribution in [3.63, 3.8) is 0 Å². The maximum absolute atomic E-state index is 5.65. The van der Waals surface area contributed by atoms with Gasteiger partial charge in [0, 0.05) is 18.0 Å². The van der Waals surface area contributed by atoms with Crippen molar-refractivity contribution in [3.05, 3.63) is 11.4 Å². The third kappa shape index (κ3) is 1.68. The topological polar surface area (TPSA) is 43.8 Å². The summed E-state index contributed by atoms with van der Waals surface area (Å²) in [6.07, 6.45) is 1.07. The summed E-state index contributed by atoms with van der Waals surface area (Å²) in [5.74, 6) is 1.73. The largest absolute Gasteiger partial charge is 0.330 e. The molecule has 3 nitrogen and oxygen atoms in total. The van der Waals surface area contributed by atoms with Crippen LogP contribution in [0.2, 0.25) is 0 Å². The number of aromatic nitrogens is 2. The second kappa shape index (κ2) is 3.95. The first-order chi connectivity index (χ1) is 6.72. The molecular weight excluding hydrogens is 194 g/mol. The molecule has 2 heterocycles. The molecule has 0 saturated heterocycles. The average Bonchev–Trinajstić information content (AvgIpc) is 2.70. The molecule has 1 aromatic heterocycles. The summed E-state index contributed by atoms with van der Waals surface area (Å²) >= 11 is 1.86. The lowest BCUT2D eigenvalue weighted by atomic mass is 10.0. The molecule has 1 aliphatic rings. The highest BCUT2D eigenvalue weighted by Crippen LogP contribution is 2.28. The van der Waals surface area contributed by atoms with Gasteiger partial charge in [0.1, 0.15) is 0 Å². The van der Waals surface area contributed by atoms with Gasteiger partial charge in [0.05, 0.1) is 5.69 Å². The highest BCUT2D eigenvalue weighted by Gasteiger charge is 2.20. The summed E-state index contributed by atoms with van der Waals surface area (Å²) < 4.78 is 2.35. The van der Waals surface area contributed by atoms with Crippen LogP contribution in [0.1, 0.15) is 18.3 Å². The van der Waals surface area contributed by atoms with Gasteiger partial charge in [-0.25, -0.2) is 4.98 Å². The van der Waals surface area contributed by atoms with Crippen molar-refractivity contribution >= 4 is 11.8 Å². The first-order valence-electron chi connectivity index (χ1n) is 5.11. The van der Waals surface area contributed by atoms with E-state index in [0.29, 0.717) is 5.92 Å². The fourth-order valence-electron chi connectivity index (χ4n) is 1.82. The van der Waals surface area contributed by atoms with Gasteiger partial charge in [-0.05, 0) is 25.8 Å². The fraction of sp³-hybridized carbons (Fsp3) is 0.700. The maximum atomic E-state index is 5.65. The summed E-state index contributed by atoms with van der Waals surface area (Å²) in [6, 6.07) is 0. The van der Waals surface area contributed by atoms with Crippen LogP contribution in [0.3, 0.4) is 0 Å². The van der Waals surface area contributed by atoms with Crippen molar-refractivity contribution in [2.75, 3.05) is 12.3 Å². The summed E-state index contributed by atoms with van der Waals surface area (Å²) in [4.78, 5) is 4.56. The molecule has 0 saturated carbocycles. The van der Waals surface area contributed by atoms with Crippen molar-refractivity contribution in [2.24, 2.45) is 11.7 Å². The molecule has 1 atom stereocenters. The van der Waals surface area contributed by atoms with Crippen LogP contribution in [0.5, 0.6) is 0 Å². The van der Waals surface area contributed by atoms with E-state index in [1.807, 2.05) is 11.8 Å². The first-order valence-corrected chi connectivity index (χ1v) is 6.09. The van der Waals surface area contributed by atoms with Crippen molar-refractivity contribution in [3.8, 4) is 0 Å². The number of aryl methyl sites for hydroxylation is 1. The smallest absolute Gasteiger partial charge is 0.168 e. The molecule has 4 heteroatoms. The van der Waals surface area contributed by atoms with Crippen LogP contribution in [0, 0.1) is 12.8 Å². The van der Waals surface area contributed by atoms with Crippen molar-refractivity contribution in [1.29, 1.82) is 0 Å². The van der Waals surface area contributed by atoms with Gasteiger partial charge in [-0.1, -0.05) is 18.7 Å². The molecule has 0 amide bonds. The zero-order valence-electron chi connectivity index (χ0n) is 8.79. The SMILES string of the molecule is Cc1nc2n(c1CC(C)CN)CCS2. The Kier molecular flexibility index (Phi) is 2.83. The van der Waals surface area contributed by atoms with E-state index >= 15 is 0 Å². The zero-order chi connectivity index (χ0) is 10.1. The van der Waals surface area contributed by atoms with Crippen LogP contribution in [0.25, 0.3) is 0 Å². The van der Waals surface area contributed by atoms with Crippen LogP contribution < -0.4 is 5.73 Å². The zero-order valence-corrected chi connectivity index (χ0v) is 9.60. The van der Waals surface area contributed by atoms with E-state index in [1.54, 1.807) is 0 Å². The van der Waals surface area contributed by atoms with Crippen molar-refractivity contribution in [1.82, 2.24) is 9.55 Å². The minimum absolute atomic E-state index is 0.556. The Bertz CT molecular complexity index is 332. The minimum atomic E-state index is 0.556. The molecule has 1 aromatic rings. The molecule has 0 radical (unpaired) electrons. The van der Waals surface area contributed by atoms with Gasteiger partial charge in [0.25, 0.3) is 0 Å². The van der Waals surface area contributed by atoms with Gasteiger partial charge in [0.2, 0.25) is 0 Å². The third-order valence-corrected chi connectivity index (χ3v) is 3.68. The lowest BCUT2D eigenvalue weighted by Crippen LogP contribution is -2.15. The highest BCUT2D eigenvalue weighted by molar-refractivity contribution is 7.99. The average molecular weight is 211 g/mol. The van der Waals surface area contributed by atoms with Crippen molar-refractivity contribution in [2.45, 2.75) is 32.0 Å². The Morgan fingerprint density at radius 1 is 1.64 bits per heavy atom. The van der Waals surface area contributed by atoms with E-state index in [2.05, 4.69) is 23.4 Å². The summed E-state index contributed by atoms with van der Waals surface area (Å²) in [5.41, 5.74) is 8.23. The lowest BCUT2D eigenvalue weighted by molar-refractivity contribution is 0.553. The van der Waals surface area contributed by atoms with Crippen LogP contribution in [-0.2, 0) is 13.0 Å². The Hall–Kier alpha value is -0.480. The standard InChI is InChI=1S/C10H17N3S/c1-7(6-11)5-9-8(2)12-10-13(9)3-4-14-10/h7H,3-6,11H2,1-2H3. The van der Waals surface area contributed by atoms with E-state index in [1.165, 1.54) is 22.3 Å². The van der Waals surface area contributed by atoms with E-state index in [4.69, 9.17) is 5.73 Å². The first kappa shape index (κ1) is 10.1. The van der Waals surface area contributed by atoms with E-state index in [-0.39, 0.29) is 0 Å². The van der Waals surface area contributed by atoms with Crippen LogP contribution in [0.15, 0.2) is 5.16 Å². The van der Waals surface area contributed by atoms with E-state index in [0.717, 1.165) is 19.5 Å². The minimum Gasteiger partial charge on any atom is -0.330 e. The second-order valence-electron chi connectivity index (χ2n) is 3.97. The number of nitrogens with zero attached hydrogens (tertiary/aromatic N) is 2. The monoisotopic (exact) mass is 211 g/mol. The van der Waals surface area contributed by atoms with Gasteiger partial charge in [-0.3, -0.25) is 0 Å². The number of rotatable bonds is 3. The highest BCUT2D eigenvalue weighted by atomic mass is 32.2. The van der Waals surface area contributed by atoms with Crippen LogP contribution in [0.4, 0.5) is 0 Å². The summed E-state index contributed by atoms with van der Waals surface area (Å²) in [7, 11) is 0. The number of imidazole rings is 1. The predicted molar refractivity (Wildman–Crippen MR) is 59.6 cm³/mol. The van der Waals surface area contributed by atoms with Crippen LogP contribution in [-0.4, -0.2) is 21.8 Å². The lowest BCUT2D eigenvalue weighted by Gasteiger charge is -2.10. The normalized spacial score (nSPS) is 17.1. The molecular formula is C10H17N3S. The second-order valence-corrected chi connectivity index (χ2v) is 5.03. The molecule has 0 aromatic carbocycles. The molecule has 0 spiro atoms. The molecule has 14 heavy (non-hydrogen) atoms. The van der Waals surface area contributed by atoms with Gasteiger partial charge < -0.3 is 10.3 Å². The molecule has 2 rings (SSSR count). The predicted octanol–water partition coefficient (Wildman–Crippen LogP) is 1.43. The van der Waals surface area contributed by atoms with Gasteiger partial charge in [-0.2, -0.15) is 0 Å². The van der Waals surface area contributed by atoms with E-state index < -0.39 is 0 Å². The number of hydrogen-bond donors (Lipinski definition) is 1. The molecule has 1 unspecified atom stereocenters. The molecule has 2 N–H and O–H groups in total. The number of fused-ring (bicyclic) bond motifs is 1. The van der Waals surface area contributed by atoms with Gasteiger partial charge in [-0.15, -0.1) is 0 Å². The number of thioether (sulfide) groups is 1. The third-order valence-electron chi connectivity index (χ3n) is 2.73. The molecule has 78 valence electrons. The molecule has 0 fully saturated rings.